The van der Waals surface area contributed by atoms with E-state index in [0.29, 0.717) is 5.41 Å². The molecule has 0 aromatic carbocycles. The van der Waals surface area contributed by atoms with E-state index in [2.05, 4.69) is 35.2 Å². The Bertz CT molecular complexity index is 340. The van der Waals surface area contributed by atoms with Gasteiger partial charge in [0.2, 0.25) is 0 Å². The molecule has 2 aliphatic carbocycles. The maximum absolute atomic E-state index is 2.86. The Labute approximate surface area is 116 Å². The summed E-state index contributed by atoms with van der Waals surface area (Å²) in [6, 6.07) is 0. The molecule has 0 spiro atoms. The summed E-state index contributed by atoms with van der Waals surface area (Å²) in [6.45, 7) is 4.75. The molecule has 0 aromatic heterocycles. The van der Waals surface area contributed by atoms with Crippen molar-refractivity contribution in [2.24, 2.45) is 11.3 Å². The van der Waals surface area contributed by atoms with Crippen molar-refractivity contribution in [2.75, 3.05) is 0 Å². The van der Waals surface area contributed by atoms with Gasteiger partial charge in [-0.15, -0.1) is 9.24 Å². The highest BCUT2D eigenvalue weighted by Crippen LogP contribution is 2.49. The fourth-order valence-electron chi connectivity index (χ4n) is 4.08. The third-order valence-corrected chi connectivity index (χ3v) is 5.50. The summed E-state index contributed by atoms with van der Waals surface area (Å²) in [5.74, 6) is 0.971. The van der Waals surface area contributed by atoms with Crippen molar-refractivity contribution >= 4 is 9.24 Å². The number of allylic oxidation sites excluding steroid dienone is 4. The Morgan fingerprint density at radius 2 is 2.22 bits per heavy atom. The Morgan fingerprint density at radius 3 is 2.89 bits per heavy atom. The lowest BCUT2D eigenvalue weighted by atomic mass is 9.78. The van der Waals surface area contributed by atoms with Crippen LogP contribution in [0, 0.1) is 11.3 Å². The third-order valence-electron chi connectivity index (χ3n) is 5.10. The van der Waals surface area contributed by atoms with Crippen LogP contribution in [0.5, 0.6) is 0 Å². The molecule has 1 fully saturated rings. The van der Waals surface area contributed by atoms with E-state index >= 15 is 0 Å². The molecule has 0 aliphatic heterocycles. The SMILES string of the molecule is CCCC1(CC)CCC(CC2=CC(P)=CCC2)C1. The first-order valence-electron chi connectivity index (χ1n) is 7.82. The summed E-state index contributed by atoms with van der Waals surface area (Å²) in [4.78, 5) is 0. The highest BCUT2D eigenvalue weighted by molar-refractivity contribution is 7.22. The number of hydrogen-bond donors (Lipinski definition) is 0. The van der Waals surface area contributed by atoms with Gasteiger partial charge in [0.1, 0.15) is 0 Å². The third kappa shape index (κ3) is 3.47. The van der Waals surface area contributed by atoms with Gasteiger partial charge in [-0.1, -0.05) is 44.4 Å². The standard InChI is InChI=1S/C17H29P/c1-3-9-17(4-2)10-8-15(13-17)11-14-6-5-7-16(18)12-14/h7,12,15H,3-6,8-11,13,18H2,1-2H3. The molecule has 0 amide bonds. The lowest BCUT2D eigenvalue weighted by Gasteiger charge is -2.28. The molecule has 1 heteroatoms. The summed E-state index contributed by atoms with van der Waals surface area (Å²) < 4.78 is 0. The van der Waals surface area contributed by atoms with E-state index < -0.39 is 0 Å². The van der Waals surface area contributed by atoms with Gasteiger partial charge in [0, 0.05) is 0 Å². The average molecular weight is 264 g/mol. The van der Waals surface area contributed by atoms with Gasteiger partial charge < -0.3 is 0 Å². The molecule has 2 aliphatic rings. The minimum atomic E-state index is 0.703. The molecule has 3 atom stereocenters. The van der Waals surface area contributed by atoms with Crippen molar-refractivity contribution in [3.05, 3.63) is 23.0 Å². The van der Waals surface area contributed by atoms with E-state index in [1.54, 1.807) is 5.57 Å². The Balaban J connectivity index is 1.91. The van der Waals surface area contributed by atoms with Crippen LogP contribution in [0.3, 0.4) is 0 Å². The maximum atomic E-state index is 2.86. The van der Waals surface area contributed by atoms with Crippen LogP contribution in [-0.4, -0.2) is 0 Å². The van der Waals surface area contributed by atoms with Crippen LogP contribution in [0.4, 0.5) is 0 Å². The van der Waals surface area contributed by atoms with Crippen molar-refractivity contribution in [2.45, 2.75) is 71.6 Å². The molecule has 0 radical (unpaired) electrons. The van der Waals surface area contributed by atoms with Gasteiger partial charge in [-0.05, 0) is 61.6 Å². The van der Waals surface area contributed by atoms with Gasteiger partial charge in [0.05, 0.1) is 0 Å². The molecular weight excluding hydrogens is 235 g/mol. The van der Waals surface area contributed by atoms with E-state index in [4.69, 9.17) is 0 Å². The molecule has 2 rings (SSSR count). The highest BCUT2D eigenvalue weighted by atomic mass is 31.0. The van der Waals surface area contributed by atoms with Crippen LogP contribution in [0.2, 0.25) is 0 Å². The first kappa shape index (κ1) is 14.3. The van der Waals surface area contributed by atoms with Crippen LogP contribution in [0.25, 0.3) is 0 Å². The zero-order valence-corrected chi connectivity index (χ0v) is 13.3. The van der Waals surface area contributed by atoms with Gasteiger partial charge in [-0.25, -0.2) is 0 Å². The number of rotatable bonds is 5. The Kier molecular flexibility index (Phi) is 5.07. The summed E-state index contributed by atoms with van der Waals surface area (Å²) in [6.07, 6.45) is 17.4. The van der Waals surface area contributed by atoms with Crippen molar-refractivity contribution in [1.82, 2.24) is 0 Å². The second kappa shape index (κ2) is 6.38. The molecule has 1 saturated carbocycles. The molecule has 102 valence electrons. The van der Waals surface area contributed by atoms with Crippen molar-refractivity contribution < 1.29 is 0 Å². The lowest BCUT2D eigenvalue weighted by molar-refractivity contribution is 0.245. The molecule has 18 heavy (non-hydrogen) atoms. The van der Waals surface area contributed by atoms with Crippen LogP contribution >= 0.6 is 9.24 Å². The minimum Gasteiger partial charge on any atom is -0.106 e. The first-order chi connectivity index (χ1) is 8.67. The van der Waals surface area contributed by atoms with E-state index in [9.17, 15) is 0 Å². The summed E-state index contributed by atoms with van der Waals surface area (Å²) in [5.41, 5.74) is 2.41. The van der Waals surface area contributed by atoms with Crippen molar-refractivity contribution in [3.8, 4) is 0 Å². The van der Waals surface area contributed by atoms with Gasteiger partial charge in [0.25, 0.3) is 0 Å². The highest BCUT2D eigenvalue weighted by Gasteiger charge is 2.36. The second-order valence-electron chi connectivity index (χ2n) is 6.46. The maximum Gasteiger partial charge on any atom is -0.0282 e. The fraction of sp³-hybridized carbons (Fsp3) is 0.765. The molecule has 0 heterocycles. The molecule has 0 saturated heterocycles. The van der Waals surface area contributed by atoms with Gasteiger partial charge in [-0.3, -0.25) is 0 Å². The predicted molar refractivity (Wildman–Crippen MR) is 84.7 cm³/mol. The first-order valence-corrected chi connectivity index (χ1v) is 8.40. The molecule has 0 N–H and O–H groups in total. The monoisotopic (exact) mass is 264 g/mol. The van der Waals surface area contributed by atoms with E-state index in [1.165, 1.54) is 63.1 Å². The Hall–Kier alpha value is -0.0900. The molecule has 3 unspecified atom stereocenters. The van der Waals surface area contributed by atoms with Crippen molar-refractivity contribution in [1.29, 1.82) is 0 Å². The topological polar surface area (TPSA) is 0 Å². The lowest BCUT2D eigenvalue weighted by Crippen LogP contribution is -2.15. The molecule has 0 bridgehead atoms. The summed E-state index contributed by atoms with van der Waals surface area (Å²) in [5, 5.41) is 1.41. The quantitative estimate of drug-likeness (QED) is 0.546. The zero-order valence-electron chi connectivity index (χ0n) is 12.2. The van der Waals surface area contributed by atoms with Gasteiger partial charge >= 0.3 is 0 Å². The minimum absolute atomic E-state index is 0.703. The summed E-state index contributed by atoms with van der Waals surface area (Å²) in [7, 11) is 2.86. The van der Waals surface area contributed by atoms with Crippen LogP contribution in [0.15, 0.2) is 23.0 Å². The largest absolute Gasteiger partial charge is 0.106 e. The number of hydrogen-bond acceptors (Lipinski definition) is 0. The molecule has 0 aromatic rings. The second-order valence-corrected chi connectivity index (χ2v) is 7.13. The Morgan fingerprint density at radius 1 is 1.39 bits per heavy atom. The average Bonchev–Trinajstić information content (AvgIpc) is 2.74. The van der Waals surface area contributed by atoms with E-state index in [-0.39, 0.29) is 0 Å². The molecule has 0 nitrogen and oxygen atoms in total. The summed E-state index contributed by atoms with van der Waals surface area (Å²) >= 11 is 0. The fourth-order valence-corrected chi connectivity index (χ4v) is 4.48. The zero-order chi connectivity index (χ0) is 13.0. The van der Waals surface area contributed by atoms with Gasteiger partial charge in [0.15, 0.2) is 0 Å². The molecular formula is C17H29P. The van der Waals surface area contributed by atoms with E-state index in [1.807, 2.05) is 0 Å². The van der Waals surface area contributed by atoms with Crippen LogP contribution < -0.4 is 0 Å². The predicted octanol–water partition coefficient (Wildman–Crippen LogP) is 5.85. The normalized spacial score (nSPS) is 32.3. The van der Waals surface area contributed by atoms with Crippen LogP contribution in [-0.2, 0) is 0 Å². The van der Waals surface area contributed by atoms with E-state index in [0.717, 1.165) is 5.92 Å². The van der Waals surface area contributed by atoms with Crippen molar-refractivity contribution in [3.63, 3.8) is 0 Å². The van der Waals surface area contributed by atoms with Gasteiger partial charge in [-0.2, -0.15) is 0 Å². The van der Waals surface area contributed by atoms with Crippen LogP contribution in [0.1, 0.15) is 71.6 Å². The smallest absolute Gasteiger partial charge is 0.0282 e.